The van der Waals surface area contributed by atoms with E-state index in [0.717, 1.165) is 37.0 Å². The predicted molar refractivity (Wildman–Crippen MR) is 102 cm³/mol. The van der Waals surface area contributed by atoms with Gasteiger partial charge in [-0.15, -0.1) is 10.2 Å². The van der Waals surface area contributed by atoms with Crippen LogP contribution in [0.2, 0.25) is 0 Å². The van der Waals surface area contributed by atoms with Crippen molar-refractivity contribution in [3.63, 3.8) is 0 Å². The van der Waals surface area contributed by atoms with Crippen LogP contribution in [0.4, 0.5) is 0 Å². The fourth-order valence-electron chi connectivity index (χ4n) is 3.35. The van der Waals surface area contributed by atoms with E-state index in [1.54, 1.807) is 6.33 Å². The van der Waals surface area contributed by atoms with Crippen molar-refractivity contribution in [1.29, 1.82) is 0 Å². The minimum Gasteiger partial charge on any atom is -0.349 e. The number of rotatable bonds is 3. The van der Waals surface area contributed by atoms with Crippen molar-refractivity contribution in [3.8, 4) is 5.69 Å². The Morgan fingerprint density at radius 1 is 1.08 bits per heavy atom. The molecule has 0 atom stereocenters. The molecule has 2 aromatic carbocycles. The molecule has 1 aliphatic rings. The van der Waals surface area contributed by atoms with Gasteiger partial charge in [0, 0.05) is 25.8 Å². The molecule has 1 aliphatic heterocycles. The Bertz CT molecular complexity index is 899. The third kappa shape index (κ3) is 3.31. The molecule has 3 aromatic rings. The van der Waals surface area contributed by atoms with Crippen LogP contribution in [0.5, 0.6) is 0 Å². The van der Waals surface area contributed by atoms with Gasteiger partial charge in [0.1, 0.15) is 6.33 Å². The molecule has 0 unspecified atom stereocenters. The Hall–Kier alpha value is -3.15. The molecule has 0 fully saturated rings. The highest BCUT2D eigenvalue weighted by Crippen LogP contribution is 2.18. The van der Waals surface area contributed by atoms with Gasteiger partial charge in [-0.1, -0.05) is 42.5 Å². The Kier molecular flexibility index (Phi) is 4.64. The van der Waals surface area contributed by atoms with E-state index in [9.17, 15) is 0 Å². The van der Waals surface area contributed by atoms with Crippen LogP contribution >= 0.6 is 0 Å². The molecule has 4 rings (SSSR count). The standard InChI is InChI=1S/C20H22N6/c1-21-20(25-12-11-16-7-5-6-8-17(16)14-25)22-13-19-24-23-15-26(19)18-9-3-2-4-10-18/h2-10,15H,11-14H2,1H3,(H,21,22). The van der Waals surface area contributed by atoms with Gasteiger partial charge in [0.2, 0.25) is 0 Å². The highest BCUT2D eigenvalue weighted by Gasteiger charge is 2.19. The number of para-hydroxylation sites is 1. The molecule has 26 heavy (non-hydrogen) atoms. The number of hydrogen-bond donors (Lipinski definition) is 1. The average molecular weight is 346 g/mol. The van der Waals surface area contributed by atoms with Crippen molar-refractivity contribution in [3.05, 3.63) is 77.9 Å². The smallest absolute Gasteiger partial charge is 0.194 e. The Morgan fingerprint density at radius 3 is 2.65 bits per heavy atom. The van der Waals surface area contributed by atoms with Gasteiger partial charge in [0.25, 0.3) is 0 Å². The van der Waals surface area contributed by atoms with Gasteiger partial charge in [0.05, 0.1) is 6.54 Å². The molecule has 2 heterocycles. The van der Waals surface area contributed by atoms with Crippen LogP contribution in [-0.2, 0) is 19.5 Å². The lowest BCUT2D eigenvalue weighted by Gasteiger charge is -2.31. The summed E-state index contributed by atoms with van der Waals surface area (Å²) in [6.07, 6.45) is 2.78. The zero-order valence-corrected chi connectivity index (χ0v) is 14.8. The third-order valence-electron chi connectivity index (χ3n) is 4.70. The van der Waals surface area contributed by atoms with Gasteiger partial charge in [-0.3, -0.25) is 9.56 Å². The van der Waals surface area contributed by atoms with Gasteiger partial charge < -0.3 is 10.2 Å². The van der Waals surface area contributed by atoms with Crippen molar-refractivity contribution in [2.75, 3.05) is 13.6 Å². The van der Waals surface area contributed by atoms with Crippen LogP contribution in [0, 0.1) is 0 Å². The van der Waals surface area contributed by atoms with Crippen LogP contribution in [0.1, 0.15) is 17.0 Å². The van der Waals surface area contributed by atoms with Crippen molar-refractivity contribution >= 4 is 5.96 Å². The zero-order valence-electron chi connectivity index (χ0n) is 14.8. The first-order valence-corrected chi connectivity index (χ1v) is 8.82. The first kappa shape index (κ1) is 16.3. The number of benzene rings is 2. The zero-order chi connectivity index (χ0) is 17.8. The minimum atomic E-state index is 0.569. The minimum absolute atomic E-state index is 0.569. The molecule has 6 nitrogen and oxygen atoms in total. The van der Waals surface area contributed by atoms with Crippen LogP contribution < -0.4 is 5.32 Å². The summed E-state index contributed by atoms with van der Waals surface area (Å²) in [6, 6.07) is 18.7. The average Bonchev–Trinajstić information content (AvgIpc) is 3.17. The third-order valence-corrected chi connectivity index (χ3v) is 4.70. The molecular weight excluding hydrogens is 324 g/mol. The SMILES string of the molecule is CN=C(NCc1nncn1-c1ccccc1)N1CCc2ccccc2C1. The van der Waals surface area contributed by atoms with Crippen LogP contribution in [0.3, 0.4) is 0 Å². The monoisotopic (exact) mass is 346 g/mol. The van der Waals surface area contributed by atoms with Crippen LogP contribution in [0.15, 0.2) is 65.9 Å². The second kappa shape index (κ2) is 7.39. The van der Waals surface area contributed by atoms with E-state index in [1.807, 2.05) is 41.9 Å². The Morgan fingerprint density at radius 2 is 1.85 bits per heavy atom. The molecule has 0 spiro atoms. The number of hydrogen-bond acceptors (Lipinski definition) is 3. The summed E-state index contributed by atoms with van der Waals surface area (Å²) < 4.78 is 1.99. The molecule has 0 bridgehead atoms. The number of fused-ring (bicyclic) bond motifs is 1. The second-order valence-electron chi connectivity index (χ2n) is 6.29. The summed E-state index contributed by atoms with van der Waals surface area (Å²) in [5, 5.41) is 11.8. The van der Waals surface area contributed by atoms with E-state index in [2.05, 4.69) is 49.7 Å². The molecule has 0 saturated carbocycles. The molecule has 0 radical (unpaired) electrons. The fraction of sp³-hybridized carbons (Fsp3) is 0.250. The van der Waals surface area contributed by atoms with Gasteiger partial charge >= 0.3 is 0 Å². The lowest BCUT2D eigenvalue weighted by Crippen LogP contribution is -2.44. The number of aliphatic imine (C=N–C) groups is 1. The number of nitrogens with one attached hydrogen (secondary N) is 1. The van der Waals surface area contributed by atoms with Crippen molar-refractivity contribution in [2.24, 2.45) is 4.99 Å². The van der Waals surface area contributed by atoms with E-state index < -0.39 is 0 Å². The summed E-state index contributed by atoms with van der Waals surface area (Å²) >= 11 is 0. The first-order valence-electron chi connectivity index (χ1n) is 8.82. The van der Waals surface area contributed by atoms with Gasteiger partial charge in [0.15, 0.2) is 11.8 Å². The molecule has 0 aliphatic carbocycles. The van der Waals surface area contributed by atoms with Crippen molar-refractivity contribution in [2.45, 2.75) is 19.5 Å². The van der Waals surface area contributed by atoms with E-state index >= 15 is 0 Å². The maximum atomic E-state index is 4.46. The molecule has 1 aromatic heterocycles. The summed E-state index contributed by atoms with van der Waals surface area (Å²) in [4.78, 5) is 6.74. The van der Waals surface area contributed by atoms with Crippen molar-refractivity contribution < 1.29 is 0 Å². The van der Waals surface area contributed by atoms with Crippen LogP contribution in [-0.4, -0.2) is 39.2 Å². The van der Waals surface area contributed by atoms with E-state index in [4.69, 9.17) is 0 Å². The summed E-state index contributed by atoms with van der Waals surface area (Å²) in [5.74, 6) is 1.75. The highest BCUT2D eigenvalue weighted by molar-refractivity contribution is 5.80. The number of aromatic nitrogens is 3. The largest absolute Gasteiger partial charge is 0.349 e. The molecule has 6 heteroatoms. The topological polar surface area (TPSA) is 58.3 Å². The lowest BCUT2D eigenvalue weighted by molar-refractivity contribution is 0.378. The van der Waals surface area contributed by atoms with Crippen molar-refractivity contribution in [1.82, 2.24) is 25.0 Å². The molecule has 0 amide bonds. The van der Waals surface area contributed by atoms with Gasteiger partial charge in [-0.2, -0.15) is 0 Å². The normalized spacial score (nSPS) is 14.2. The highest BCUT2D eigenvalue weighted by atomic mass is 15.3. The van der Waals surface area contributed by atoms with E-state index in [0.29, 0.717) is 6.54 Å². The van der Waals surface area contributed by atoms with Crippen LogP contribution in [0.25, 0.3) is 5.69 Å². The number of nitrogens with zero attached hydrogens (tertiary/aromatic N) is 5. The Balaban J connectivity index is 1.46. The van der Waals surface area contributed by atoms with Gasteiger partial charge in [-0.05, 0) is 29.7 Å². The first-order chi connectivity index (χ1) is 12.8. The number of guanidine groups is 1. The summed E-state index contributed by atoms with van der Waals surface area (Å²) in [5.41, 5.74) is 3.85. The fourth-order valence-corrected chi connectivity index (χ4v) is 3.35. The van der Waals surface area contributed by atoms with E-state index in [-0.39, 0.29) is 0 Å². The van der Waals surface area contributed by atoms with E-state index in [1.165, 1.54) is 11.1 Å². The quantitative estimate of drug-likeness (QED) is 0.584. The Labute approximate surface area is 153 Å². The molecule has 132 valence electrons. The maximum Gasteiger partial charge on any atom is 0.194 e. The molecule has 1 N–H and O–H groups in total. The molecular formula is C20H22N6. The summed E-state index contributed by atoms with van der Waals surface area (Å²) in [6.45, 7) is 2.41. The predicted octanol–water partition coefficient (Wildman–Crippen LogP) is 2.40. The lowest BCUT2D eigenvalue weighted by atomic mass is 10.0. The summed E-state index contributed by atoms with van der Waals surface area (Å²) in [7, 11) is 1.82. The second-order valence-corrected chi connectivity index (χ2v) is 6.29. The maximum absolute atomic E-state index is 4.46. The van der Waals surface area contributed by atoms with Gasteiger partial charge in [-0.25, -0.2) is 0 Å². The molecule has 0 saturated heterocycles.